The van der Waals surface area contributed by atoms with Crippen LogP contribution in [0.15, 0.2) is 54.6 Å². The predicted octanol–water partition coefficient (Wildman–Crippen LogP) is 3.45. The standard InChI is InChI=1S/C17H16ClNO3/c1-12(17(21)19-15-9-7-14(18)8-10-15)22-16(20)11-13-5-3-2-4-6-13/h2-10,12H,11H2,1H3,(H,19,21)/t12-/m1/s1. The second-order valence-electron chi connectivity index (χ2n) is 4.79. The Labute approximate surface area is 134 Å². The van der Waals surface area contributed by atoms with Crippen LogP contribution in [-0.4, -0.2) is 18.0 Å². The molecule has 0 aliphatic carbocycles. The minimum Gasteiger partial charge on any atom is -0.452 e. The Kier molecular flexibility index (Phi) is 5.55. The van der Waals surface area contributed by atoms with E-state index in [0.717, 1.165) is 5.56 Å². The average Bonchev–Trinajstić information content (AvgIpc) is 2.50. The highest BCUT2D eigenvalue weighted by molar-refractivity contribution is 6.30. The first-order valence-electron chi connectivity index (χ1n) is 6.84. The van der Waals surface area contributed by atoms with Gasteiger partial charge in [-0.2, -0.15) is 0 Å². The van der Waals surface area contributed by atoms with Gasteiger partial charge in [0.05, 0.1) is 6.42 Å². The van der Waals surface area contributed by atoms with Crippen LogP contribution in [0.1, 0.15) is 12.5 Å². The molecule has 2 aromatic carbocycles. The van der Waals surface area contributed by atoms with Crippen molar-refractivity contribution in [3.8, 4) is 0 Å². The molecule has 114 valence electrons. The van der Waals surface area contributed by atoms with Crippen LogP contribution >= 0.6 is 11.6 Å². The van der Waals surface area contributed by atoms with Crippen molar-refractivity contribution < 1.29 is 14.3 Å². The molecule has 22 heavy (non-hydrogen) atoms. The van der Waals surface area contributed by atoms with Crippen molar-refractivity contribution in [1.29, 1.82) is 0 Å². The number of nitrogens with one attached hydrogen (secondary N) is 1. The molecule has 0 aliphatic heterocycles. The highest BCUT2D eigenvalue weighted by atomic mass is 35.5. The third-order valence-electron chi connectivity index (χ3n) is 2.98. The minimum atomic E-state index is -0.869. The second-order valence-corrected chi connectivity index (χ2v) is 5.23. The Morgan fingerprint density at radius 3 is 2.36 bits per heavy atom. The number of ether oxygens (including phenoxy) is 1. The Balaban J connectivity index is 1.85. The van der Waals surface area contributed by atoms with E-state index in [1.807, 2.05) is 30.3 Å². The largest absolute Gasteiger partial charge is 0.452 e. The number of halogens is 1. The summed E-state index contributed by atoms with van der Waals surface area (Å²) in [4.78, 5) is 23.8. The molecule has 2 aromatic rings. The van der Waals surface area contributed by atoms with Gasteiger partial charge in [0.1, 0.15) is 0 Å². The van der Waals surface area contributed by atoms with Gasteiger partial charge in [-0.15, -0.1) is 0 Å². The number of anilines is 1. The molecule has 1 atom stereocenters. The molecule has 0 spiro atoms. The van der Waals surface area contributed by atoms with Crippen LogP contribution in [0.4, 0.5) is 5.69 Å². The highest BCUT2D eigenvalue weighted by Crippen LogP contribution is 2.14. The van der Waals surface area contributed by atoms with Crippen LogP contribution in [0.2, 0.25) is 5.02 Å². The topological polar surface area (TPSA) is 55.4 Å². The lowest BCUT2D eigenvalue weighted by Crippen LogP contribution is -2.30. The number of esters is 1. The summed E-state index contributed by atoms with van der Waals surface area (Å²) in [6.45, 7) is 1.54. The van der Waals surface area contributed by atoms with E-state index < -0.39 is 12.1 Å². The van der Waals surface area contributed by atoms with Gasteiger partial charge in [0, 0.05) is 10.7 Å². The lowest BCUT2D eigenvalue weighted by molar-refractivity contribution is -0.152. The average molecular weight is 318 g/mol. The molecule has 0 unspecified atom stereocenters. The molecule has 0 aromatic heterocycles. The second kappa shape index (κ2) is 7.61. The van der Waals surface area contributed by atoms with E-state index in [2.05, 4.69) is 5.32 Å². The van der Waals surface area contributed by atoms with Crippen molar-refractivity contribution in [2.75, 3.05) is 5.32 Å². The lowest BCUT2D eigenvalue weighted by atomic mass is 10.1. The molecule has 0 bridgehead atoms. The van der Waals surface area contributed by atoms with E-state index in [1.54, 1.807) is 24.3 Å². The van der Waals surface area contributed by atoms with Gasteiger partial charge in [0.15, 0.2) is 6.10 Å². The molecule has 1 amide bonds. The lowest BCUT2D eigenvalue weighted by Gasteiger charge is -2.13. The van der Waals surface area contributed by atoms with Crippen molar-refractivity contribution in [3.05, 3.63) is 65.2 Å². The molecule has 0 heterocycles. The summed E-state index contributed by atoms with van der Waals surface area (Å²) in [6.07, 6.45) is -0.730. The van der Waals surface area contributed by atoms with Gasteiger partial charge in [-0.05, 0) is 36.8 Å². The zero-order chi connectivity index (χ0) is 15.9. The first kappa shape index (κ1) is 16.0. The van der Waals surface area contributed by atoms with Crippen molar-refractivity contribution in [2.24, 2.45) is 0 Å². The van der Waals surface area contributed by atoms with Gasteiger partial charge in [0.25, 0.3) is 5.91 Å². The quantitative estimate of drug-likeness (QED) is 0.859. The number of carbonyl (C=O) groups excluding carboxylic acids is 2. The van der Waals surface area contributed by atoms with Crippen LogP contribution < -0.4 is 5.32 Å². The number of benzene rings is 2. The zero-order valence-electron chi connectivity index (χ0n) is 12.1. The summed E-state index contributed by atoms with van der Waals surface area (Å²) in [6, 6.07) is 15.9. The van der Waals surface area contributed by atoms with Crippen molar-refractivity contribution in [1.82, 2.24) is 0 Å². The summed E-state index contributed by atoms with van der Waals surface area (Å²) < 4.78 is 5.13. The van der Waals surface area contributed by atoms with Gasteiger partial charge in [-0.25, -0.2) is 0 Å². The maximum Gasteiger partial charge on any atom is 0.311 e. The highest BCUT2D eigenvalue weighted by Gasteiger charge is 2.18. The molecule has 0 aliphatic rings. The Bertz CT molecular complexity index is 641. The molecule has 1 N–H and O–H groups in total. The first-order chi connectivity index (χ1) is 10.5. The van der Waals surface area contributed by atoms with Crippen LogP contribution in [0.25, 0.3) is 0 Å². The van der Waals surface area contributed by atoms with E-state index in [4.69, 9.17) is 16.3 Å². The van der Waals surface area contributed by atoms with Crippen LogP contribution in [0, 0.1) is 0 Å². The first-order valence-corrected chi connectivity index (χ1v) is 7.22. The molecule has 0 fully saturated rings. The van der Waals surface area contributed by atoms with E-state index in [0.29, 0.717) is 10.7 Å². The maximum atomic E-state index is 12.0. The molecule has 4 nitrogen and oxygen atoms in total. The van der Waals surface area contributed by atoms with Gasteiger partial charge < -0.3 is 10.1 Å². The molecule has 0 saturated heterocycles. The third kappa shape index (κ3) is 4.90. The van der Waals surface area contributed by atoms with Gasteiger partial charge >= 0.3 is 5.97 Å². The van der Waals surface area contributed by atoms with Crippen molar-refractivity contribution >= 4 is 29.2 Å². The van der Waals surface area contributed by atoms with Gasteiger partial charge in [0.2, 0.25) is 0 Å². The number of hydrogen-bond donors (Lipinski definition) is 1. The van der Waals surface area contributed by atoms with Crippen LogP contribution in [0.3, 0.4) is 0 Å². The van der Waals surface area contributed by atoms with E-state index in [-0.39, 0.29) is 12.3 Å². The monoisotopic (exact) mass is 317 g/mol. The Hall–Kier alpha value is -2.33. The van der Waals surface area contributed by atoms with Gasteiger partial charge in [-0.3, -0.25) is 9.59 Å². The normalized spacial score (nSPS) is 11.5. The van der Waals surface area contributed by atoms with Crippen molar-refractivity contribution in [2.45, 2.75) is 19.4 Å². The molecule has 2 rings (SSSR count). The molecule has 5 heteroatoms. The van der Waals surface area contributed by atoms with Gasteiger partial charge in [-0.1, -0.05) is 41.9 Å². The third-order valence-corrected chi connectivity index (χ3v) is 3.23. The predicted molar refractivity (Wildman–Crippen MR) is 85.8 cm³/mol. The summed E-state index contributed by atoms with van der Waals surface area (Å²) >= 11 is 5.77. The number of rotatable bonds is 5. The van der Waals surface area contributed by atoms with E-state index >= 15 is 0 Å². The smallest absolute Gasteiger partial charge is 0.311 e. The van der Waals surface area contributed by atoms with E-state index in [9.17, 15) is 9.59 Å². The Morgan fingerprint density at radius 2 is 1.73 bits per heavy atom. The van der Waals surface area contributed by atoms with E-state index in [1.165, 1.54) is 6.92 Å². The van der Waals surface area contributed by atoms with Crippen LogP contribution in [0.5, 0.6) is 0 Å². The fourth-order valence-electron chi connectivity index (χ4n) is 1.83. The number of carbonyl (C=O) groups is 2. The zero-order valence-corrected chi connectivity index (χ0v) is 12.8. The molecule has 0 saturated carbocycles. The van der Waals surface area contributed by atoms with Crippen molar-refractivity contribution in [3.63, 3.8) is 0 Å². The number of hydrogen-bond acceptors (Lipinski definition) is 3. The summed E-state index contributed by atoms with van der Waals surface area (Å²) in [5.41, 5.74) is 1.44. The number of amides is 1. The maximum absolute atomic E-state index is 12.0. The molecular formula is C17H16ClNO3. The summed E-state index contributed by atoms with van der Waals surface area (Å²) in [5.74, 6) is -0.825. The molecule has 0 radical (unpaired) electrons. The summed E-state index contributed by atoms with van der Waals surface area (Å²) in [5, 5.41) is 3.25. The molecular weight excluding hydrogens is 302 g/mol. The summed E-state index contributed by atoms with van der Waals surface area (Å²) in [7, 11) is 0. The minimum absolute atomic E-state index is 0.138. The SMILES string of the molecule is C[C@@H](OC(=O)Cc1ccccc1)C(=O)Nc1ccc(Cl)cc1. The van der Waals surface area contributed by atoms with Crippen LogP contribution in [-0.2, 0) is 20.7 Å². The fourth-order valence-corrected chi connectivity index (χ4v) is 1.96. The fraction of sp³-hybridized carbons (Fsp3) is 0.176. The Morgan fingerprint density at radius 1 is 1.09 bits per heavy atom.